The number of nitro benzene ring substituents is 1. The Bertz CT molecular complexity index is 1120. The summed E-state index contributed by atoms with van der Waals surface area (Å²) in [6.45, 7) is 1.32. The third-order valence-corrected chi connectivity index (χ3v) is 4.82. The number of nitrogens with one attached hydrogen (secondary N) is 3. The molecular formula is C12H10N6O5S. The lowest BCUT2D eigenvalue weighted by molar-refractivity contribution is -0.385. The summed E-state index contributed by atoms with van der Waals surface area (Å²) >= 11 is 0. The highest BCUT2D eigenvalue weighted by Gasteiger charge is 2.25. The van der Waals surface area contributed by atoms with Crippen LogP contribution < -0.4 is 10.3 Å². The summed E-state index contributed by atoms with van der Waals surface area (Å²) < 4.78 is 27.2. The van der Waals surface area contributed by atoms with Gasteiger partial charge in [0.2, 0.25) is 0 Å². The second-order valence-corrected chi connectivity index (χ2v) is 6.44. The second kappa shape index (κ2) is 5.42. The third kappa shape index (κ3) is 2.48. The first-order valence-electron chi connectivity index (χ1n) is 6.50. The van der Waals surface area contributed by atoms with Crippen LogP contribution in [-0.2, 0) is 10.0 Å². The average molecular weight is 350 g/mol. The zero-order chi connectivity index (χ0) is 17.5. The number of aromatic amines is 2. The highest BCUT2D eigenvalue weighted by Crippen LogP contribution is 2.26. The van der Waals surface area contributed by atoms with Gasteiger partial charge in [-0.3, -0.25) is 24.7 Å². The molecule has 124 valence electrons. The molecule has 0 saturated heterocycles. The molecule has 3 aromatic rings. The predicted molar refractivity (Wildman–Crippen MR) is 83.2 cm³/mol. The van der Waals surface area contributed by atoms with Crippen molar-refractivity contribution in [1.29, 1.82) is 0 Å². The van der Waals surface area contributed by atoms with E-state index in [-0.39, 0.29) is 33.0 Å². The van der Waals surface area contributed by atoms with E-state index in [0.29, 0.717) is 0 Å². The number of hydrogen-bond donors (Lipinski definition) is 3. The third-order valence-electron chi connectivity index (χ3n) is 3.34. The molecule has 2 aromatic heterocycles. The standard InChI is InChI=1S/C12H10N6O5S/c1-6-7(18(20)21)3-2-4-8(6)24(22,23)17-11-9-10(15-16-11)13-5-14-12(9)19/h2-5H,1H3,(H3,13,14,15,16,17,19). The van der Waals surface area contributed by atoms with Gasteiger partial charge < -0.3 is 4.98 Å². The van der Waals surface area contributed by atoms with Gasteiger partial charge in [0.25, 0.3) is 21.3 Å². The largest absolute Gasteiger partial charge is 0.312 e. The van der Waals surface area contributed by atoms with E-state index in [9.17, 15) is 23.3 Å². The summed E-state index contributed by atoms with van der Waals surface area (Å²) in [5, 5.41) is 17.0. The lowest BCUT2D eigenvalue weighted by Gasteiger charge is -2.08. The average Bonchev–Trinajstić information content (AvgIpc) is 2.90. The molecule has 0 saturated carbocycles. The van der Waals surface area contributed by atoms with Crippen molar-refractivity contribution in [3.05, 3.63) is 50.6 Å². The first-order valence-corrected chi connectivity index (χ1v) is 7.98. The Balaban J connectivity index is 2.11. The van der Waals surface area contributed by atoms with Crippen LogP contribution in [0.5, 0.6) is 0 Å². The van der Waals surface area contributed by atoms with Crippen molar-refractivity contribution in [3.8, 4) is 0 Å². The summed E-state index contributed by atoms with van der Waals surface area (Å²) in [6, 6.07) is 3.69. The monoisotopic (exact) mass is 350 g/mol. The Morgan fingerprint density at radius 3 is 2.79 bits per heavy atom. The molecule has 12 heteroatoms. The fourth-order valence-electron chi connectivity index (χ4n) is 2.22. The molecule has 0 aliphatic heterocycles. The lowest BCUT2D eigenvalue weighted by atomic mass is 10.2. The summed E-state index contributed by atoms with van der Waals surface area (Å²) in [7, 11) is -4.20. The van der Waals surface area contributed by atoms with E-state index in [0.717, 1.165) is 6.33 Å². The molecule has 0 unspecified atom stereocenters. The summed E-state index contributed by atoms with van der Waals surface area (Å²) in [4.78, 5) is 27.9. The lowest BCUT2D eigenvalue weighted by Crippen LogP contribution is -2.17. The maximum absolute atomic E-state index is 12.5. The molecule has 0 aliphatic carbocycles. The van der Waals surface area contributed by atoms with E-state index in [4.69, 9.17) is 0 Å². The van der Waals surface area contributed by atoms with E-state index in [1.165, 1.54) is 25.1 Å². The van der Waals surface area contributed by atoms with Gasteiger partial charge in [-0.25, -0.2) is 13.4 Å². The first-order chi connectivity index (χ1) is 11.3. The molecule has 0 atom stereocenters. The van der Waals surface area contributed by atoms with Crippen LogP contribution in [0, 0.1) is 17.0 Å². The van der Waals surface area contributed by atoms with Gasteiger partial charge >= 0.3 is 0 Å². The Hall–Kier alpha value is -3.28. The molecular weight excluding hydrogens is 340 g/mol. The number of nitro groups is 1. The molecule has 11 nitrogen and oxygen atoms in total. The maximum Gasteiger partial charge on any atom is 0.273 e. The molecule has 0 radical (unpaired) electrons. The van der Waals surface area contributed by atoms with Gasteiger partial charge in [0, 0.05) is 11.6 Å². The first kappa shape index (κ1) is 15.6. The van der Waals surface area contributed by atoms with Gasteiger partial charge in [-0.1, -0.05) is 6.07 Å². The molecule has 0 amide bonds. The minimum Gasteiger partial charge on any atom is -0.312 e. The van der Waals surface area contributed by atoms with Crippen LogP contribution >= 0.6 is 0 Å². The zero-order valence-corrected chi connectivity index (χ0v) is 12.9. The number of fused-ring (bicyclic) bond motifs is 1. The number of H-pyrrole nitrogens is 2. The van der Waals surface area contributed by atoms with Crippen molar-refractivity contribution in [2.24, 2.45) is 0 Å². The number of sulfonamides is 1. The van der Waals surface area contributed by atoms with Crippen molar-refractivity contribution >= 4 is 32.6 Å². The van der Waals surface area contributed by atoms with Crippen LogP contribution in [0.1, 0.15) is 5.56 Å². The van der Waals surface area contributed by atoms with Crippen molar-refractivity contribution in [1.82, 2.24) is 20.2 Å². The Morgan fingerprint density at radius 2 is 2.08 bits per heavy atom. The van der Waals surface area contributed by atoms with Crippen molar-refractivity contribution in [2.45, 2.75) is 11.8 Å². The van der Waals surface area contributed by atoms with Gasteiger partial charge in [-0.2, -0.15) is 5.10 Å². The number of nitrogens with zero attached hydrogens (tertiary/aromatic N) is 3. The van der Waals surface area contributed by atoms with E-state index < -0.39 is 20.5 Å². The molecule has 0 aliphatic rings. The quantitative estimate of drug-likeness (QED) is 0.459. The fraction of sp³-hybridized carbons (Fsp3) is 0.0833. The van der Waals surface area contributed by atoms with E-state index in [1.54, 1.807) is 0 Å². The molecule has 0 bridgehead atoms. The highest BCUT2D eigenvalue weighted by molar-refractivity contribution is 7.92. The molecule has 3 N–H and O–H groups in total. The summed E-state index contributed by atoms with van der Waals surface area (Å²) in [5.41, 5.74) is -0.833. The van der Waals surface area contributed by atoms with E-state index in [1.807, 2.05) is 0 Å². The molecule has 24 heavy (non-hydrogen) atoms. The number of rotatable bonds is 4. The number of aromatic nitrogens is 4. The number of hydrogen-bond acceptors (Lipinski definition) is 7. The summed E-state index contributed by atoms with van der Waals surface area (Å²) in [6.07, 6.45) is 1.14. The minimum atomic E-state index is -4.20. The van der Waals surface area contributed by atoms with Gasteiger partial charge in [-0.15, -0.1) is 0 Å². The minimum absolute atomic E-state index is 0.0260. The van der Waals surface area contributed by atoms with E-state index >= 15 is 0 Å². The topological polar surface area (TPSA) is 164 Å². The van der Waals surface area contributed by atoms with E-state index in [2.05, 4.69) is 24.9 Å². The molecule has 0 spiro atoms. The van der Waals surface area contributed by atoms with Gasteiger partial charge in [0.15, 0.2) is 11.5 Å². The van der Waals surface area contributed by atoms with Crippen LogP contribution in [-0.4, -0.2) is 33.5 Å². The Kier molecular flexibility index (Phi) is 3.52. The van der Waals surface area contributed by atoms with Gasteiger partial charge in [-0.05, 0) is 13.0 Å². The summed E-state index contributed by atoms with van der Waals surface area (Å²) in [5.74, 6) is -0.245. The number of anilines is 1. The second-order valence-electron chi connectivity index (χ2n) is 4.79. The van der Waals surface area contributed by atoms with Crippen LogP contribution in [0.15, 0.2) is 34.2 Å². The Labute approximate surface area is 133 Å². The predicted octanol–water partition coefficient (Wildman–Crippen LogP) is 0.664. The highest BCUT2D eigenvalue weighted by atomic mass is 32.2. The van der Waals surface area contributed by atoms with Crippen molar-refractivity contribution < 1.29 is 13.3 Å². The zero-order valence-electron chi connectivity index (χ0n) is 12.1. The maximum atomic E-state index is 12.5. The SMILES string of the molecule is Cc1c([N+](=O)[O-])cccc1S(=O)(=O)Nc1n[nH]c2nc[nH]c(=O)c12. The molecule has 1 aromatic carbocycles. The molecule has 3 rings (SSSR count). The van der Waals surface area contributed by atoms with Crippen LogP contribution in [0.2, 0.25) is 0 Å². The van der Waals surface area contributed by atoms with Crippen LogP contribution in [0.25, 0.3) is 11.0 Å². The van der Waals surface area contributed by atoms with Crippen molar-refractivity contribution in [2.75, 3.05) is 4.72 Å². The Morgan fingerprint density at radius 1 is 1.33 bits per heavy atom. The number of benzene rings is 1. The fourth-order valence-corrected chi connectivity index (χ4v) is 3.49. The normalized spacial score (nSPS) is 11.5. The smallest absolute Gasteiger partial charge is 0.273 e. The van der Waals surface area contributed by atoms with Crippen LogP contribution in [0.3, 0.4) is 0 Å². The van der Waals surface area contributed by atoms with Gasteiger partial charge in [0.1, 0.15) is 5.39 Å². The molecule has 2 heterocycles. The molecule has 0 fully saturated rings. The van der Waals surface area contributed by atoms with Gasteiger partial charge in [0.05, 0.1) is 16.1 Å². The van der Waals surface area contributed by atoms with Crippen molar-refractivity contribution in [3.63, 3.8) is 0 Å². The van der Waals surface area contributed by atoms with Crippen LogP contribution in [0.4, 0.5) is 11.5 Å².